The van der Waals surface area contributed by atoms with E-state index in [4.69, 9.17) is 4.74 Å². The third-order valence-electron chi connectivity index (χ3n) is 4.32. The number of hydrogen-bond donors (Lipinski definition) is 0. The standard InChI is InChI=1S/C18H10F6O/c19-17(20,21)10-2-1-9-5-15(16-8-25-16)12-4-3-11(18(22,23)24)7-14(12)13(9)6-10/h1-7,16H,8H2/t16-/m0/s1. The largest absolute Gasteiger partial charge is 0.416 e. The van der Waals surface area contributed by atoms with Crippen molar-refractivity contribution in [1.82, 2.24) is 0 Å². The Morgan fingerprint density at radius 3 is 1.84 bits per heavy atom. The lowest BCUT2D eigenvalue weighted by Crippen LogP contribution is -2.06. The van der Waals surface area contributed by atoms with Crippen LogP contribution in [-0.4, -0.2) is 6.61 Å². The van der Waals surface area contributed by atoms with Crippen LogP contribution in [0.3, 0.4) is 0 Å². The van der Waals surface area contributed by atoms with Crippen LogP contribution in [0.4, 0.5) is 26.3 Å². The molecule has 1 fully saturated rings. The second-order valence-corrected chi connectivity index (χ2v) is 5.98. The van der Waals surface area contributed by atoms with E-state index in [2.05, 4.69) is 0 Å². The molecule has 0 N–H and O–H groups in total. The maximum absolute atomic E-state index is 13.1. The lowest BCUT2D eigenvalue weighted by Gasteiger charge is -2.14. The Bertz CT molecular complexity index is 983. The molecule has 1 aliphatic heterocycles. The summed E-state index contributed by atoms with van der Waals surface area (Å²) >= 11 is 0. The Hall–Kier alpha value is -2.28. The van der Waals surface area contributed by atoms with E-state index in [0.29, 0.717) is 22.9 Å². The second kappa shape index (κ2) is 5.11. The maximum Gasteiger partial charge on any atom is 0.416 e. The van der Waals surface area contributed by atoms with Crippen molar-refractivity contribution in [2.24, 2.45) is 0 Å². The molecular formula is C18H10F6O. The Balaban J connectivity index is 2.08. The van der Waals surface area contributed by atoms with Crippen molar-refractivity contribution in [3.8, 4) is 0 Å². The number of halogens is 6. The van der Waals surface area contributed by atoms with Crippen molar-refractivity contribution in [2.45, 2.75) is 18.5 Å². The predicted molar refractivity (Wildman–Crippen MR) is 80.2 cm³/mol. The number of fused-ring (bicyclic) bond motifs is 3. The molecule has 7 heteroatoms. The Morgan fingerprint density at radius 1 is 0.720 bits per heavy atom. The fourth-order valence-electron chi connectivity index (χ4n) is 3.03. The molecule has 4 rings (SSSR count). The van der Waals surface area contributed by atoms with E-state index in [1.54, 1.807) is 6.07 Å². The van der Waals surface area contributed by atoms with Gasteiger partial charge in [0, 0.05) is 0 Å². The summed E-state index contributed by atoms with van der Waals surface area (Å²) in [5.41, 5.74) is -1.10. The Kier molecular flexibility index (Phi) is 3.31. The molecule has 1 nitrogen and oxygen atoms in total. The van der Waals surface area contributed by atoms with Crippen LogP contribution in [0.5, 0.6) is 0 Å². The summed E-state index contributed by atoms with van der Waals surface area (Å²) in [4.78, 5) is 0. The highest BCUT2D eigenvalue weighted by atomic mass is 19.4. The molecule has 1 aliphatic rings. The topological polar surface area (TPSA) is 12.5 Å². The van der Waals surface area contributed by atoms with Gasteiger partial charge in [0.2, 0.25) is 0 Å². The van der Waals surface area contributed by atoms with Gasteiger partial charge in [0.25, 0.3) is 0 Å². The van der Waals surface area contributed by atoms with Gasteiger partial charge in [0.05, 0.1) is 17.7 Å². The first-order chi connectivity index (χ1) is 11.6. The van der Waals surface area contributed by atoms with E-state index in [0.717, 1.165) is 24.3 Å². The van der Waals surface area contributed by atoms with Gasteiger partial charge in [-0.3, -0.25) is 0 Å². The average molecular weight is 356 g/mol. The molecule has 0 aliphatic carbocycles. The van der Waals surface area contributed by atoms with Crippen molar-refractivity contribution in [2.75, 3.05) is 6.61 Å². The third kappa shape index (κ3) is 2.82. The normalized spacial score (nSPS) is 18.1. The van der Waals surface area contributed by atoms with Crippen LogP contribution < -0.4 is 0 Å². The molecule has 1 atom stereocenters. The second-order valence-electron chi connectivity index (χ2n) is 5.98. The summed E-state index contributed by atoms with van der Waals surface area (Å²) in [5.74, 6) is 0. The quantitative estimate of drug-likeness (QED) is 0.291. The summed E-state index contributed by atoms with van der Waals surface area (Å²) in [6.45, 7) is 0.447. The SMILES string of the molecule is FC(F)(F)c1ccc2cc([C@@H]3CO3)c3ccc(C(F)(F)F)cc3c2c1. The number of hydrogen-bond acceptors (Lipinski definition) is 1. The molecule has 1 saturated heterocycles. The van der Waals surface area contributed by atoms with Crippen molar-refractivity contribution in [1.29, 1.82) is 0 Å². The first kappa shape index (κ1) is 16.2. The Labute approximate surface area is 137 Å². The molecule has 0 saturated carbocycles. The van der Waals surface area contributed by atoms with Crippen LogP contribution >= 0.6 is 0 Å². The van der Waals surface area contributed by atoms with Gasteiger partial charge in [-0.15, -0.1) is 0 Å². The van der Waals surface area contributed by atoms with Crippen LogP contribution in [0.2, 0.25) is 0 Å². The molecule has 0 aromatic heterocycles. The number of benzene rings is 3. The average Bonchev–Trinajstić information content (AvgIpc) is 3.36. The molecule has 130 valence electrons. The van der Waals surface area contributed by atoms with Gasteiger partial charge in [-0.25, -0.2) is 0 Å². The molecule has 0 radical (unpaired) electrons. The highest BCUT2D eigenvalue weighted by Crippen LogP contribution is 2.42. The molecular weight excluding hydrogens is 346 g/mol. The molecule has 0 spiro atoms. The van der Waals surface area contributed by atoms with Gasteiger partial charge in [-0.1, -0.05) is 12.1 Å². The lowest BCUT2D eigenvalue weighted by molar-refractivity contribution is -0.138. The van der Waals surface area contributed by atoms with Gasteiger partial charge < -0.3 is 4.74 Å². The molecule has 0 bridgehead atoms. The van der Waals surface area contributed by atoms with E-state index in [1.807, 2.05) is 0 Å². The van der Waals surface area contributed by atoms with Crippen molar-refractivity contribution >= 4 is 21.5 Å². The summed E-state index contributed by atoms with van der Waals surface area (Å²) in [7, 11) is 0. The van der Waals surface area contributed by atoms with Crippen LogP contribution in [-0.2, 0) is 17.1 Å². The summed E-state index contributed by atoms with van der Waals surface area (Å²) in [6.07, 6.45) is -9.37. The van der Waals surface area contributed by atoms with Gasteiger partial charge in [0.15, 0.2) is 0 Å². The zero-order chi connectivity index (χ0) is 18.0. The number of rotatable bonds is 1. The van der Waals surface area contributed by atoms with Crippen LogP contribution in [0, 0.1) is 0 Å². The van der Waals surface area contributed by atoms with Gasteiger partial charge in [0.1, 0.15) is 6.10 Å². The van der Waals surface area contributed by atoms with Gasteiger partial charge >= 0.3 is 12.4 Å². The molecule has 3 aromatic carbocycles. The van der Waals surface area contributed by atoms with Crippen LogP contribution in [0.1, 0.15) is 22.8 Å². The van der Waals surface area contributed by atoms with E-state index < -0.39 is 23.5 Å². The minimum atomic E-state index is -4.58. The first-order valence-corrected chi connectivity index (χ1v) is 7.41. The summed E-state index contributed by atoms with van der Waals surface area (Å²) < 4.78 is 83.4. The highest BCUT2D eigenvalue weighted by molar-refractivity contribution is 6.09. The zero-order valence-corrected chi connectivity index (χ0v) is 12.5. The lowest BCUT2D eigenvalue weighted by atomic mass is 9.93. The van der Waals surface area contributed by atoms with Crippen LogP contribution in [0.15, 0.2) is 42.5 Å². The monoisotopic (exact) mass is 356 g/mol. The minimum Gasteiger partial charge on any atom is -0.368 e. The minimum absolute atomic E-state index is 0.139. The molecule has 1 heterocycles. The Morgan fingerprint density at radius 2 is 1.28 bits per heavy atom. The van der Waals surface area contributed by atoms with E-state index in [1.165, 1.54) is 12.1 Å². The zero-order valence-electron chi connectivity index (χ0n) is 12.5. The first-order valence-electron chi connectivity index (χ1n) is 7.41. The van der Waals surface area contributed by atoms with Crippen LogP contribution in [0.25, 0.3) is 21.5 Å². The fourth-order valence-corrected chi connectivity index (χ4v) is 3.03. The maximum atomic E-state index is 13.1. The smallest absolute Gasteiger partial charge is 0.368 e. The number of ether oxygens (including phenoxy) is 1. The predicted octanol–water partition coefficient (Wildman–Crippen LogP) is 6.10. The number of epoxide rings is 1. The highest BCUT2D eigenvalue weighted by Gasteiger charge is 2.34. The van der Waals surface area contributed by atoms with Crippen molar-refractivity contribution in [3.63, 3.8) is 0 Å². The van der Waals surface area contributed by atoms with Crippen molar-refractivity contribution < 1.29 is 31.1 Å². The molecule has 25 heavy (non-hydrogen) atoms. The summed E-state index contributed by atoms with van der Waals surface area (Å²) in [5, 5.41) is 1.21. The van der Waals surface area contributed by atoms with Gasteiger partial charge in [-0.2, -0.15) is 26.3 Å². The van der Waals surface area contributed by atoms with E-state index in [-0.39, 0.29) is 16.9 Å². The van der Waals surface area contributed by atoms with Crippen molar-refractivity contribution in [3.05, 3.63) is 59.2 Å². The third-order valence-corrected chi connectivity index (χ3v) is 4.32. The molecule has 3 aromatic rings. The van der Waals surface area contributed by atoms with E-state index in [9.17, 15) is 26.3 Å². The molecule has 0 unspecified atom stereocenters. The fraction of sp³-hybridized carbons (Fsp3) is 0.222. The van der Waals surface area contributed by atoms with Gasteiger partial charge in [-0.05, 0) is 57.4 Å². The van der Waals surface area contributed by atoms with E-state index >= 15 is 0 Å². The number of alkyl halides is 6. The summed E-state index contributed by atoms with van der Waals surface area (Å²) in [6, 6.07) is 7.94. The molecule has 0 amide bonds.